The van der Waals surface area contributed by atoms with Crippen LogP contribution < -0.4 is 0 Å². The fourth-order valence-electron chi connectivity index (χ4n) is 0.619. The number of halogens is 1. The molecular weight excluding hydrogens is 200 g/mol. The molecule has 1 heterocycles. The van der Waals surface area contributed by atoms with E-state index in [2.05, 4.69) is 15.9 Å². The molecule has 0 aliphatic rings. The summed E-state index contributed by atoms with van der Waals surface area (Å²) in [5, 5.41) is 10.6. The van der Waals surface area contributed by atoms with E-state index >= 15 is 0 Å². The number of aliphatic hydroxyl groups excluding tert-OH is 1. The minimum Gasteiger partial charge on any atom is -0.396 e. The maximum absolute atomic E-state index is 8.55. The molecule has 0 radical (unpaired) electrons. The van der Waals surface area contributed by atoms with Gasteiger partial charge in [-0.25, -0.2) is 0 Å². The molecule has 1 nitrogen and oxygen atoms in total. The summed E-state index contributed by atoms with van der Waals surface area (Å²) in [5.74, 6) is 0. The Kier molecular flexibility index (Phi) is 2.69. The molecule has 0 aliphatic heterocycles. The summed E-state index contributed by atoms with van der Waals surface area (Å²) in [6, 6.07) is 2.02. The van der Waals surface area contributed by atoms with Crippen LogP contribution in [0.15, 0.2) is 15.2 Å². The second kappa shape index (κ2) is 3.34. The average Bonchev–Trinajstić information content (AvgIpc) is 2.18. The Bertz CT molecular complexity index is 185. The van der Waals surface area contributed by atoms with Crippen molar-refractivity contribution in [2.45, 2.75) is 6.42 Å². The van der Waals surface area contributed by atoms with E-state index < -0.39 is 0 Å². The third-order valence-corrected chi connectivity index (χ3v) is 2.89. The molecule has 0 aliphatic carbocycles. The van der Waals surface area contributed by atoms with Crippen molar-refractivity contribution in [3.05, 3.63) is 20.8 Å². The number of rotatable bonds is 2. The van der Waals surface area contributed by atoms with Crippen molar-refractivity contribution in [1.82, 2.24) is 0 Å². The molecule has 50 valence electrons. The minimum atomic E-state index is 0.231. The Balaban J connectivity index is 2.69. The SMILES string of the molecule is OCCc1ccsc1Br. The molecule has 0 fully saturated rings. The number of aliphatic hydroxyl groups is 1. The lowest BCUT2D eigenvalue weighted by Crippen LogP contribution is -1.87. The normalized spacial score (nSPS) is 10.0. The molecule has 0 saturated heterocycles. The van der Waals surface area contributed by atoms with Crippen LogP contribution >= 0.6 is 27.3 Å². The second-order valence-electron chi connectivity index (χ2n) is 1.69. The summed E-state index contributed by atoms with van der Waals surface area (Å²) >= 11 is 5.02. The lowest BCUT2D eigenvalue weighted by Gasteiger charge is -1.90. The average molecular weight is 207 g/mol. The van der Waals surface area contributed by atoms with E-state index in [0.717, 1.165) is 10.2 Å². The minimum absolute atomic E-state index is 0.231. The fourth-order valence-corrected chi connectivity index (χ4v) is 1.95. The predicted molar refractivity (Wildman–Crippen MR) is 42.8 cm³/mol. The molecule has 1 N–H and O–H groups in total. The van der Waals surface area contributed by atoms with Gasteiger partial charge >= 0.3 is 0 Å². The highest BCUT2D eigenvalue weighted by Crippen LogP contribution is 2.23. The molecule has 9 heavy (non-hydrogen) atoms. The van der Waals surface area contributed by atoms with Gasteiger partial charge in [-0.05, 0) is 39.4 Å². The first-order chi connectivity index (χ1) is 4.34. The molecule has 0 saturated carbocycles. The molecule has 3 heteroatoms. The molecule has 0 aromatic carbocycles. The van der Waals surface area contributed by atoms with Crippen molar-refractivity contribution in [3.63, 3.8) is 0 Å². The van der Waals surface area contributed by atoms with Crippen molar-refractivity contribution in [3.8, 4) is 0 Å². The zero-order chi connectivity index (χ0) is 6.69. The van der Waals surface area contributed by atoms with Crippen LogP contribution in [0.3, 0.4) is 0 Å². The van der Waals surface area contributed by atoms with Crippen LogP contribution in [-0.4, -0.2) is 11.7 Å². The van der Waals surface area contributed by atoms with Gasteiger partial charge in [0.15, 0.2) is 0 Å². The largest absolute Gasteiger partial charge is 0.396 e. The quantitative estimate of drug-likeness (QED) is 0.786. The molecule has 1 aromatic rings. The summed E-state index contributed by atoms with van der Waals surface area (Å²) in [7, 11) is 0. The molecule has 0 spiro atoms. The van der Waals surface area contributed by atoms with Gasteiger partial charge in [0.2, 0.25) is 0 Å². The van der Waals surface area contributed by atoms with Crippen molar-refractivity contribution in [2.75, 3.05) is 6.61 Å². The highest BCUT2D eigenvalue weighted by atomic mass is 79.9. The zero-order valence-electron chi connectivity index (χ0n) is 4.80. The number of hydrogen-bond donors (Lipinski definition) is 1. The van der Waals surface area contributed by atoms with Crippen LogP contribution in [0.5, 0.6) is 0 Å². The van der Waals surface area contributed by atoms with E-state index in [4.69, 9.17) is 5.11 Å². The smallest absolute Gasteiger partial charge is 0.0731 e. The number of thiophene rings is 1. The van der Waals surface area contributed by atoms with Gasteiger partial charge in [-0.2, -0.15) is 0 Å². The van der Waals surface area contributed by atoms with Gasteiger partial charge in [-0.15, -0.1) is 11.3 Å². The number of hydrogen-bond acceptors (Lipinski definition) is 2. The van der Waals surface area contributed by atoms with Crippen LogP contribution in [-0.2, 0) is 6.42 Å². The Hall–Kier alpha value is 0.140. The Morgan fingerprint density at radius 3 is 2.89 bits per heavy atom. The molecule has 0 atom stereocenters. The highest BCUT2D eigenvalue weighted by molar-refractivity contribution is 9.11. The van der Waals surface area contributed by atoms with E-state index in [1.165, 1.54) is 5.56 Å². The first-order valence-electron chi connectivity index (χ1n) is 2.67. The highest BCUT2D eigenvalue weighted by Gasteiger charge is 1.97. The Morgan fingerprint density at radius 1 is 1.67 bits per heavy atom. The summed E-state index contributed by atoms with van der Waals surface area (Å²) in [6.07, 6.45) is 0.754. The first-order valence-corrected chi connectivity index (χ1v) is 4.34. The van der Waals surface area contributed by atoms with E-state index in [0.29, 0.717) is 0 Å². The maximum Gasteiger partial charge on any atom is 0.0731 e. The van der Waals surface area contributed by atoms with Gasteiger partial charge in [-0.1, -0.05) is 0 Å². The van der Waals surface area contributed by atoms with Crippen molar-refractivity contribution in [1.29, 1.82) is 0 Å². The summed E-state index contributed by atoms with van der Waals surface area (Å²) in [5.41, 5.74) is 1.20. The van der Waals surface area contributed by atoms with Crippen LogP contribution in [0.4, 0.5) is 0 Å². The Morgan fingerprint density at radius 2 is 2.44 bits per heavy atom. The molecule has 0 amide bonds. The third kappa shape index (κ3) is 1.78. The topological polar surface area (TPSA) is 20.2 Å². The van der Waals surface area contributed by atoms with Gasteiger partial charge in [0.25, 0.3) is 0 Å². The summed E-state index contributed by atoms with van der Waals surface area (Å²) in [4.78, 5) is 0. The van der Waals surface area contributed by atoms with Crippen molar-refractivity contribution >= 4 is 27.3 Å². The first kappa shape index (κ1) is 7.25. The van der Waals surface area contributed by atoms with Crippen molar-refractivity contribution < 1.29 is 5.11 Å². The Labute approximate surface area is 66.5 Å². The van der Waals surface area contributed by atoms with Gasteiger partial charge in [-0.3, -0.25) is 0 Å². The predicted octanol–water partition coefficient (Wildman–Crippen LogP) is 2.05. The van der Waals surface area contributed by atoms with Gasteiger partial charge in [0.1, 0.15) is 0 Å². The lowest BCUT2D eigenvalue weighted by molar-refractivity contribution is 0.299. The van der Waals surface area contributed by atoms with E-state index in [1.807, 2.05) is 11.4 Å². The van der Waals surface area contributed by atoms with Crippen molar-refractivity contribution in [2.24, 2.45) is 0 Å². The molecule has 0 unspecified atom stereocenters. The molecular formula is C6H7BrOS. The van der Waals surface area contributed by atoms with Crippen LogP contribution in [0.1, 0.15) is 5.56 Å². The van der Waals surface area contributed by atoms with Crippen LogP contribution in [0.25, 0.3) is 0 Å². The lowest BCUT2D eigenvalue weighted by atomic mass is 10.3. The molecule has 1 rings (SSSR count). The summed E-state index contributed by atoms with van der Waals surface area (Å²) in [6.45, 7) is 0.231. The van der Waals surface area contributed by atoms with Crippen LogP contribution in [0.2, 0.25) is 0 Å². The van der Waals surface area contributed by atoms with Crippen LogP contribution in [0, 0.1) is 0 Å². The van der Waals surface area contributed by atoms with E-state index in [1.54, 1.807) is 11.3 Å². The fraction of sp³-hybridized carbons (Fsp3) is 0.333. The maximum atomic E-state index is 8.55. The zero-order valence-corrected chi connectivity index (χ0v) is 7.20. The molecule has 1 aromatic heterocycles. The standard InChI is InChI=1S/C6H7BrOS/c7-6-5(1-3-8)2-4-9-6/h2,4,8H,1,3H2. The van der Waals surface area contributed by atoms with E-state index in [-0.39, 0.29) is 6.61 Å². The monoisotopic (exact) mass is 206 g/mol. The van der Waals surface area contributed by atoms with Gasteiger partial charge in [0.05, 0.1) is 3.79 Å². The summed E-state index contributed by atoms with van der Waals surface area (Å²) < 4.78 is 1.14. The second-order valence-corrected chi connectivity index (χ2v) is 3.93. The third-order valence-electron chi connectivity index (χ3n) is 1.07. The molecule has 0 bridgehead atoms. The van der Waals surface area contributed by atoms with Gasteiger partial charge in [0, 0.05) is 6.61 Å². The van der Waals surface area contributed by atoms with E-state index in [9.17, 15) is 0 Å². The van der Waals surface area contributed by atoms with Gasteiger partial charge < -0.3 is 5.11 Å².